The number of carbonyl (C=O) groups is 1. The topological polar surface area (TPSA) is 56.0 Å². The summed E-state index contributed by atoms with van der Waals surface area (Å²) in [4.78, 5) is 14.7. The molecule has 3 nitrogen and oxygen atoms in total. The third-order valence-corrected chi connectivity index (χ3v) is 2.36. The molecule has 0 unspecified atom stereocenters. The van der Waals surface area contributed by atoms with Gasteiger partial charge in [-0.2, -0.15) is 0 Å². The predicted molar refractivity (Wildman–Crippen MR) is 53.2 cm³/mol. The van der Waals surface area contributed by atoms with E-state index in [4.69, 9.17) is 5.73 Å². The Morgan fingerprint density at radius 1 is 1.73 bits per heavy atom. The van der Waals surface area contributed by atoms with Gasteiger partial charge in [0.2, 0.25) is 0 Å². The van der Waals surface area contributed by atoms with E-state index in [2.05, 4.69) is 20.9 Å². The second-order valence-electron chi connectivity index (χ2n) is 1.86. The van der Waals surface area contributed by atoms with Crippen LogP contribution < -0.4 is 5.73 Å². The molecule has 0 fully saturated rings. The lowest BCUT2D eigenvalue weighted by atomic mass is 10.3. The minimum Gasteiger partial charge on any atom is -0.366 e. The van der Waals surface area contributed by atoms with Crippen molar-refractivity contribution >= 4 is 44.4 Å². The van der Waals surface area contributed by atoms with E-state index in [1.54, 1.807) is 12.3 Å². The molecule has 1 rings (SSSR count). The molecule has 0 aliphatic carbocycles. The zero-order chi connectivity index (χ0) is 8.43. The average Bonchev–Trinajstić information content (AvgIpc) is 1.94. The van der Waals surface area contributed by atoms with Gasteiger partial charge in [-0.15, -0.1) is 0 Å². The van der Waals surface area contributed by atoms with Gasteiger partial charge in [0.1, 0.15) is 3.70 Å². The lowest BCUT2D eigenvalue weighted by Crippen LogP contribution is -2.13. The van der Waals surface area contributed by atoms with Gasteiger partial charge in [0.25, 0.3) is 5.91 Å². The number of hydrogen-bond acceptors (Lipinski definition) is 2. The van der Waals surface area contributed by atoms with Crippen LogP contribution in [0.3, 0.4) is 0 Å². The zero-order valence-corrected chi connectivity index (χ0v) is 9.09. The summed E-state index contributed by atoms with van der Waals surface area (Å²) in [6.45, 7) is 0. The fraction of sp³-hybridized carbons (Fsp3) is 0. The monoisotopic (exact) mass is 326 g/mol. The van der Waals surface area contributed by atoms with Crippen LogP contribution in [0.25, 0.3) is 0 Å². The van der Waals surface area contributed by atoms with E-state index in [1.165, 1.54) is 0 Å². The van der Waals surface area contributed by atoms with Crippen LogP contribution >= 0.6 is 38.5 Å². The highest BCUT2D eigenvalue weighted by Crippen LogP contribution is 2.14. The SMILES string of the molecule is NC(=O)c1cc(Br)cnc1I. The van der Waals surface area contributed by atoms with Gasteiger partial charge in [-0.1, -0.05) is 0 Å². The molecule has 2 N–H and O–H groups in total. The van der Waals surface area contributed by atoms with Gasteiger partial charge in [-0.3, -0.25) is 4.79 Å². The molecule has 1 heterocycles. The lowest BCUT2D eigenvalue weighted by molar-refractivity contribution is 0.0999. The summed E-state index contributed by atoms with van der Waals surface area (Å²) >= 11 is 5.15. The highest BCUT2D eigenvalue weighted by molar-refractivity contribution is 14.1. The highest BCUT2D eigenvalue weighted by atomic mass is 127. The van der Waals surface area contributed by atoms with E-state index >= 15 is 0 Å². The van der Waals surface area contributed by atoms with Crippen molar-refractivity contribution in [2.45, 2.75) is 0 Å². The highest BCUT2D eigenvalue weighted by Gasteiger charge is 2.06. The van der Waals surface area contributed by atoms with Crippen LogP contribution in [0.1, 0.15) is 10.4 Å². The van der Waals surface area contributed by atoms with Crippen molar-refractivity contribution in [3.8, 4) is 0 Å². The Balaban J connectivity index is 3.23. The largest absolute Gasteiger partial charge is 0.366 e. The van der Waals surface area contributed by atoms with Crippen molar-refractivity contribution < 1.29 is 4.79 Å². The summed E-state index contributed by atoms with van der Waals surface area (Å²) in [5.74, 6) is -0.455. The van der Waals surface area contributed by atoms with E-state index in [1.807, 2.05) is 22.6 Å². The van der Waals surface area contributed by atoms with Crippen molar-refractivity contribution in [3.63, 3.8) is 0 Å². The van der Waals surface area contributed by atoms with Crippen LogP contribution in [-0.2, 0) is 0 Å². The molecule has 0 spiro atoms. The van der Waals surface area contributed by atoms with Crippen LogP contribution in [-0.4, -0.2) is 10.9 Å². The van der Waals surface area contributed by atoms with Gasteiger partial charge >= 0.3 is 0 Å². The van der Waals surface area contributed by atoms with Gasteiger partial charge in [0, 0.05) is 10.7 Å². The molecule has 0 aromatic carbocycles. The number of halogens is 2. The van der Waals surface area contributed by atoms with E-state index < -0.39 is 5.91 Å². The first-order valence-corrected chi connectivity index (χ1v) is 4.59. The second kappa shape index (κ2) is 3.48. The van der Waals surface area contributed by atoms with Crippen molar-refractivity contribution in [1.82, 2.24) is 4.98 Å². The summed E-state index contributed by atoms with van der Waals surface area (Å²) in [5, 5.41) is 0. The third-order valence-electron chi connectivity index (χ3n) is 1.07. The number of hydrogen-bond donors (Lipinski definition) is 1. The second-order valence-corrected chi connectivity index (χ2v) is 3.79. The minimum absolute atomic E-state index is 0.444. The Morgan fingerprint density at radius 2 is 2.36 bits per heavy atom. The Bertz CT molecular complexity index is 303. The summed E-state index contributed by atoms with van der Waals surface area (Å²) in [6.07, 6.45) is 1.62. The number of amides is 1. The lowest BCUT2D eigenvalue weighted by Gasteiger charge is -1.97. The summed E-state index contributed by atoms with van der Waals surface area (Å²) in [6, 6.07) is 1.65. The van der Waals surface area contributed by atoms with E-state index in [0.717, 1.165) is 4.47 Å². The number of nitrogens with two attached hydrogens (primary N) is 1. The first kappa shape index (κ1) is 8.92. The van der Waals surface area contributed by atoms with Gasteiger partial charge < -0.3 is 5.73 Å². The molecule has 5 heteroatoms. The van der Waals surface area contributed by atoms with Crippen molar-refractivity contribution in [2.24, 2.45) is 5.73 Å². The van der Waals surface area contributed by atoms with Crippen LogP contribution in [0.15, 0.2) is 16.7 Å². The molecule has 1 aromatic rings. The molecule has 0 aliphatic heterocycles. The van der Waals surface area contributed by atoms with E-state index in [9.17, 15) is 4.79 Å². The molecular formula is C6H4BrIN2O. The number of carbonyl (C=O) groups excluding carboxylic acids is 1. The standard InChI is InChI=1S/C6H4BrIN2O/c7-3-1-4(6(9)11)5(8)10-2-3/h1-2H,(H2,9,11). The van der Waals surface area contributed by atoms with Gasteiger partial charge in [0.05, 0.1) is 5.56 Å². The van der Waals surface area contributed by atoms with Gasteiger partial charge in [-0.25, -0.2) is 4.98 Å². The number of nitrogens with zero attached hydrogens (tertiary/aromatic N) is 1. The summed E-state index contributed by atoms with van der Waals surface area (Å²) in [7, 11) is 0. The molecule has 0 radical (unpaired) electrons. The zero-order valence-electron chi connectivity index (χ0n) is 5.34. The Hall–Kier alpha value is -0.170. The molecule has 1 aromatic heterocycles. The number of pyridine rings is 1. The first-order chi connectivity index (χ1) is 5.11. The summed E-state index contributed by atoms with van der Waals surface area (Å²) in [5.41, 5.74) is 5.52. The maximum Gasteiger partial charge on any atom is 0.251 e. The quantitative estimate of drug-likeness (QED) is 0.629. The van der Waals surface area contributed by atoms with Crippen LogP contribution in [0, 0.1) is 3.70 Å². The van der Waals surface area contributed by atoms with Crippen molar-refractivity contribution in [3.05, 3.63) is 26.0 Å². The normalized spacial score (nSPS) is 9.64. The Kier molecular flexibility index (Phi) is 2.83. The van der Waals surface area contributed by atoms with Gasteiger partial charge in [-0.05, 0) is 44.6 Å². The molecule has 0 aliphatic rings. The Morgan fingerprint density at radius 3 is 2.82 bits per heavy atom. The van der Waals surface area contributed by atoms with Crippen molar-refractivity contribution in [1.29, 1.82) is 0 Å². The molecule has 58 valence electrons. The van der Waals surface area contributed by atoms with E-state index in [0.29, 0.717) is 9.26 Å². The fourth-order valence-corrected chi connectivity index (χ4v) is 1.49. The molecular weight excluding hydrogens is 323 g/mol. The predicted octanol–water partition coefficient (Wildman–Crippen LogP) is 1.55. The molecule has 0 saturated heterocycles. The van der Waals surface area contributed by atoms with Crippen LogP contribution in [0.5, 0.6) is 0 Å². The van der Waals surface area contributed by atoms with Crippen molar-refractivity contribution in [2.75, 3.05) is 0 Å². The van der Waals surface area contributed by atoms with Crippen LogP contribution in [0.2, 0.25) is 0 Å². The smallest absolute Gasteiger partial charge is 0.251 e. The van der Waals surface area contributed by atoms with Crippen LogP contribution in [0.4, 0.5) is 0 Å². The molecule has 11 heavy (non-hydrogen) atoms. The molecule has 0 bridgehead atoms. The number of primary amides is 1. The Labute approximate surface area is 85.6 Å². The fourth-order valence-electron chi connectivity index (χ4n) is 0.595. The molecule has 0 saturated carbocycles. The average molecular weight is 327 g/mol. The van der Waals surface area contributed by atoms with E-state index in [-0.39, 0.29) is 0 Å². The number of aromatic nitrogens is 1. The summed E-state index contributed by atoms with van der Waals surface area (Å²) < 4.78 is 1.38. The van der Waals surface area contributed by atoms with Gasteiger partial charge in [0.15, 0.2) is 0 Å². The number of rotatable bonds is 1. The molecule has 1 amide bonds. The first-order valence-electron chi connectivity index (χ1n) is 2.72. The third kappa shape index (κ3) is 2.13. The minimum atomic E-state index is -0.455. The maximum absolute atomic E-state index is 10.7. The molecule has 0 atom stereocenters. The maximum atomic E-state index is 10.7.